The molecule has 20 heavy (non-hydrogen) atoms. The largest absolute Gasteiger partial charge is 0.458 e. The first-order valence-electron chi connectivity index (χ1n) is 6.27. The average Bonchev–Trinajstić information content (AvgIpc) is 3.05. The summed E-state index contributed by atoms with van der Waals surface area (Å²) in [6.45, 7) is 3.78. The van der Waals surface area contributed by atoms with Gasteiger partial charge in [0.15, 0.2) is 0 Å². The zero-order chi connectivity index (χ0) is 14.5. The molecule has 0 unspecified atom stereocenters. The second-order valence-corrected chi connectivity index (χ2v) is 5.50. The van der Waals surface area contributed by atoms with Crippen molar-refractivity contribution >= 4 is 23.2 Å². The summed E-state index contributed by atoms with van der Waals surface area (Å²) < 4.78 is 5.60. The van der Waals surface area contributed by atoms with E-state index in [0.717, 1.165) is 10.6 Å². The van der Waals surface area contributed by atoms with Crippen molar-refractivity contribution < 1.29 is 14.0 Å². The van der Waals surface area contributed by atoms with E-state index in [9.17, 15) is 9.59 Å². The Labute approximate surface area is 121 Å². The highest BCUT2D eigenvalue weighted by atomic mass is 32.1. The summed E-state index contributed by atoms with van der Waals surface area (Å²) in [4.78, 5) is 24.0. The molecule has 0 aliphatic carbocycles. The first kappa shape index (κ1) is 14.3. The van der Waals surface area contributed by atoms with E-state index in [2.05, 4.69) is 10.6 Å². The van der Waals surface area contributed by atoms with Gasteiger partial charge in [0.1, 0.15) is 11.5 Å². The van der Waals surface area contributed by atoms with Crippen LogP contribution in [-0.4, -0.2) is 17.9 Å². The number of carbonyl (C=O) groups excluding carboxylic acids is 2. The Bertz CT molecular complexity index is 587. The van der Waals surface area contributed by atoms with Crippen LogP contribution in [0.25, 0.3) is 10.6 Å². The molecule has 2 amide bonds. The standard InChI is InChI=1S/C14H16N2O3S/c1-9(2)16-14(18)13(17)15-8-10-5-6-11(19-10)12-4-3-7-20-12/h3-7,9H,8H2,1-2H3,(H,15,17)(H,16,18). The van der Waals surface area contributed by atoms with Gasteiger partial charge < -0.3 is 15.1 Å². The highest BCUT2D eigenvalue weighted by Crippen LogP contribution is 2.26. The maximum atomic E-state index is 11.5. The lowest BCUT2D eigenvalue weighted by Gasteiger charge is -2.07. The molecule has 0 spiro atoms. The van der Waals surface area contributed by atoms with Crippen molar-refractivity contribution in [1.82, 2.24) is 10.6 Å². The highest BCUT2D eigenvalue weighted by Gasteiger charge is 2.14. The van der Waals surface area contributed by atoms with E-state index in [1.165, 1.54) is 0 Å². The fourth-order valence-electron chi connectivity index (χ4n) is 1.60. The van der Waals surface area contributed by atoms with Gasteiger partial charge >= 0.3 is 11.8 Å². The predicted molar refractivity (Wildman–Crippen MR) is 77.1 cm³/mol. The molecule has 0 saturated carbocycles. The fourth-order valence-corrected chi connectivity index (χ4v) is 2.29. The third-order valence-electron chi connectivity index (χ3n) is 2.47. The lowest BCUT2D eigenvalue weighted by Crippen LogP contribution is -2.42. The lowest BCUT2D eigenvalue weighted by atomic mass is 10.3. The van der Waals surface area contributed by atoms with E-state index in [4.69, 9.17) is 4.42 Å². The lowest BCUT2D eigenvalue weighted by molar-refractivity contribution is -0.139. The second-order valence-electron chi connectivity index (χ2n) is 4.55. The molecule has 0 fully saturated rings. The molecule has 5 nitrogen and oxygen atoms in total. The summed E-state index contributed by atoms with van der Waals surface area (Å²) in [7, 11) is 0. The van der Waals surface area contributed by atoms with Crippen LogP contribution < -0.4 is 10.6 Å². The quantitative estimate of drug-likeness (QED) is 0.848. The van der Waals surface area contributed by atoms with Crippen LogP contribution in [0, 0.1) is 0 Å². The van der Waals surface area contributed by atoms with Gasteiger partial charge in [-0.2, -0.15) is 0 Å². The minimum Gasteiger partial charge on any atom is -0.458 e. The Morgan fingerprint density at radius 1 is 1.25 bits per heavy atom. The van der Waals surface area contributed by atoms with E-state index < -0.39 is 11.8 Å². The highest BCUT2D eigenvalue weighted by molar-refractivity contribution is 7.13. The maximum absolute atomic E-state index is 11.5. The predicted octanol–water partition coefficient (Wildman–Crippen LogP) is 2.15. The Morgan fingerprint density at radius 3 is 2.70 bits per heavy atom. The molecule has 2 aromatic heterocycles. The minimum atomic E-state index is -0.659. The summed E-state index contributed by atoms with van der Waals surface area (Å²) in [5.74, 6) is 0.0767. The summed E-state index contributed by atoms with van der Waals surface area (Å²) in [6.07, 6.45) is 0. The topological polar surface area (TPSA) is 71.3 Å². The van der Waals surface area contributed by atoms with E-state index in [1.54, 1.807) is 31.3 Å². The van der Waals surface area contributed by atoms with Gasteiger partial charge in [-0.1, -0.05) is 6.07 Å². The maximum Gasteiger partial charge on any atom is 0.309 e. The van der Waals surface area contributed by atoms with E-state index >= 15 is 0 Å². The summed E-state index contributed by atoms with van der Waals surface area (Å²) in [5, 5.41) is 7.02. The summed E-state index contributed by atoms with van der Waals surface area (Å²) in [6, 6.07) is 7.47. The van der Waals surface area contributed by atoms with Crippen LogP contribution in [0.15, 0.2) is 34.1 Å². The normalized spacial score (nSPS) is 10.6. The number of furan rings is 1. The molecule has 0 bridgehead atoms. The van der Waals surface area contributed by atoms with Gasteiger partial charge in [0.05, 0.1) is 11.4 Å². The molecular weight excluding hydrogens is 276 g/mol. The summed E-state index contributed by atoms with van der Waals surface area (Å²) >= 11 is 1.58. The van der Waals surface area contributed by atoms with Gasteiger partial charge in [0.25, 0.3) is 0 Å². The van der Waals surface area contributed by atoms with E-state index in [0.29, 0.717) is 5.76 Å². The average molecular weight is 292 g/mol. The van der Waals surface area contributed by atoms with Gasteiger partial charge in [0.2, 0.25) is 0 Å². The van der Waals surface area contributed by atoms with Crippen molar-refractivity contribution in [2.45, 2.75) is 26.4 Å². The molecule has 0 aliphatic rings. The Morgan fingerprint density at radius 2 is 2.05 bits per heavy atom. The zero-order valence-electron chi connectivity index (χ0n) is 11.3. The molecule has 0 atom stereocenters. The number of amides is 2. The van der Waals surface area contributed by atoms with Crippen molar-refractivity contribution in [3.05, 3.63) is 35.4 Å². The molecule has 2 aromatic rings. The van der Waals surface area contributed by atoms with Gasteiger partial charge in [-0.15, -0.1) is 11.3 Å². The molecule has 0 radical (unpaired) electrons. The first-order valence-corrected chi connectivity index (χ1v) is 7.15. The molecule has 0 saturated heterocycles. The van der Waals surface area contributed by atoms with Crippen LogP contribution in [-0.2, 0) is 16.1 Å². The number of carbonyl (C=O) groups is 2. The molecule has 0 aliphatic heterocycles. The molecular formula is C14H16N2O3S. The molecule has 2 heterocycles. The van der Waals surface area contributed by atoms with Gasteiger partial charge in [-0.25, -0.2) is 0 Å². The SMILES string of the molecule is CC(C)NC(=O)C(=O)NCc1ccc(-c2cccs2)o1. The van der Waals surface area contributed by atoms with Crippen LogP contribution in [0.3, 0.4) is 0 Å². The van der Waals surface area contributed by atoms with Gasteiger partial charge in [-0.3, -0.25) is 9.59 Å². The Balaban J connectivity index is 1.88. The zero-order valence-corrected chi connectivity index (χ0v) is 12.1. The number of hydrogen-bond donors (Lipinski definition) is 2. The molecule has 106 valence electrons. The van der Waals surface area contributed by atoms with E-state index in [-0.39, 0.29) is 12.6 Å². The molecule has 0 aromatic carbocycles. The number of rotatable bonds is 4. The molecule has 6 heteroatoms. The van der Waals surface area contributed by atoms with Crippen molar-refractivity contribution in [2.24, 2.45) is 0 Å². The van der Waals surface area contributed by atoms with Crippen LogP contribution in [0.4, 0.5) is 0 Å². The third-order valence-corrected chi connectivity index (χ3v) is 3.36. The monoisotopic (exact) mass is 292 g/mol. The van der Waals surface area contributed by atoms with Crippen molar-refractivity contribution in [3.8, 4) is 10.6 Å². The smallest absolute Gasteiger partial charge is 0.309 e. The minimum absolute atomic E-state index is 0.0673. The molecule has 2 rings (SSSR count). The first-order chi connectivity index (χ1) is 9.56. The second kappa shape index (κ2) is 6.38. The van der Waals surface area contributed by atoms with Gasteiger partial charge in [-0.05, 0) is 37.4 Å². The number of hydrogen-bond acceptors (Lipinski definition) is 4. The Hall–Kier alpha value is -2.08. The van der Waals surface area contributed by atoms with Crippen molar-refractivity contribution in [3.63, 3.8) is 0 Å². The van der Waals surface area contributed by atoms with Crippen molar-refractivity contribution in [1.29, 1.82) is 0 Å². The van der Waals surface area contributed by atoms with Crippen LogP contribution in [0.1, 0.15) is 19.6 Å². The summed E-state index contributed by atoms with van der Waals surface area (Å²) in [5.41, 5.74) is 0. The van der Waals surface area contributed by atoms with Crippen LogP contribution in [0.2, 0.25) is 0 Å². The number of nitrogens with one attached hydrogen (secondary N) is 2. The van der Waals surface area contributed by atoms with Crippen LogP contribution in [0.5, 0.6) is 0 Å². The Kier molecular flexibility index (Phi) is 4.57. The van der Waals surface area contributed by atoms with Gasteiger partial charge in [0, 0.05) is 6.04 Å². The fraction of sp³-hybridized carbons (Fsp3) is 0.286. The number of thiophene rings is 1. The molecule has 2 N–H and O–H groups in total. The van der Waals surface area contributed by atoms with Crippen molar-refractivity contribution in [2.75, 3.05) is 0 Å². The van der Waals surface area contributed by atoms with Crippen LogP contribution >= 0.6 is 11.3 Å². The third kappa shape index (κ3) is 3.71. The van der Waals surface area contributed by atoms with E-state index in [1.807, 2.05) is 23.6 Å².